The number of carbonyl (C=O) groups excluding carboxylic acids is 2. The summed E-state index contributed by atoms with van der Waals surface area (Å²) < 4.78 is 0. The lowest BCUT2D eigenvalue weighted by molar-refractivity contribution is 0.0934. The van der Waals surface area contributed by atoms with E-state index in [4.69, 9.17) is 0 Å². The van der Waals surface area contributed by atoms with Crippen LogP contribution in [0.4, 0.5) is 0 Å². The van der Waals surface area contributed by atoms with Crippen molar-refractivity contribution in [3.63, 3.8) is 0 Å². The molecule has 92 valence electrons. The monoisotopic (exact) mass is 252 g/mol. The maximum Gasteiger partial charge on any atom is 0.261 e. The van der Waals surface area contributed by atoms with Gasteiger partial charge in [0, 0.05) is 23.5 Å². The SMILES string of the molecule is CC(=O)c1csc(C(=O)NC2CCCNC2)c1. The number of ketones is 1. The second-order valence-electron chi connectivity index (χ2n) is 4.27. The molecule has 17 heavy (non-hydrogen) atoms. The molecule has 1 saturated heterocycles. The molecule has 1 aromatic rings. The molecule has 0 radical (unpaired) electrons. The van der Waals surface area contributed by atoms with Gasteiger partial charge >= 0.3 is 0 Å². The van der Waals surface area contributed by atoms with Crippen molar-refractivity contribution in [3.8, 4) is 0 Å². The lowest BCUT2D eigenvalue weighted by Gasteiger charge is -2.23. The zero-order chi connectivity index (χ0) is 12.3. The van der Waals surface area contributed by atoms with Gasteiger partial charge in [0.05, 0.1) is 4.88 Å². The fourth-order valence-electron chi connectivity index (χ4n) is 1.87. The summed E-state index contributed by atoms with van der Waals surface area (Å²) in [5.41, 5.74) is 0.613. The van der Waals surface area contributed by atoms with E-state index >= 15 is 0 Å². The molecule has 2 heterocycles. The van der Waals surface area contributed by atoms with Crippen molar-refractivity contribution in [1.29, 1.82) is 0 Å². The molecule has 2 N–H and O–H groups in total. The molecule has 2 rings (SSSR count). The van der Waals surface area contributed by atoms with E-state index in [1.54, 1.807) is 11.4 Å². The number of amides is 1. The van der Waals surface area contributed by atoms with Crippen LogP contribution in [0, 0.1) is 0 Å². The van der Waals surface area contributed by atoms with E-state index < -0.39 is 0 Å². The highest BCUT2D eigenvalue weighted by molar-refractivity contribution is 7.12. The fourth-order valence-corrected chi connectivity index (χ4v) is 2.72. The largest absolute Gasteiger partial charge is 0.347 e. The molecule has 1 atom stereocenters. The van der Waals surface area contributed by atoms with Gasteiger partial charge in [-0.1, -0.05) is 0 Å². The van der Waals surface area contributed by atoms with Crippen LogP contribution in [0.5, 0.6) is 0 Å². The average molecular weight is 252 g/mol. The van der Waals surface area contributed by atoms with Crippen LogP contribution in [0.2, 0.25) is 0 Å². The number of thiophene rings is 1. The van der Waals surface area contributed by atoms with Crippen molar-refractivity contribution >= 4 is 23.0 Å². The molecule has 1 aliphatic rings. The molecule has 1 unspecified atom stereocenters. The third kappa shape index (κ3) is 3.14. The van der Waals surface area contributed by atoms with Gasteiger partial charge in [0.15, 0.2) is 5.78 Å². The van der Waals surface area contributed by atoms with Crippen LogP contribution in [0.15, 0.2) is 11.4 Å². The van der Waals surface area contributed by atoms with Crippen LogP contribution in [0.1, 0.15) is 39.8 Å². The van der Waals surface area contributed by atoms with Gasteiger partial charge in [-0.25, -0.2) is 0 Å². The molecule has 0 saturated carbocycles. The molecular formula is C12H16N2O2S. The van der Waals surface area contributed by atoms with Crippen molar-refractivity contribution in [1.82, 2.24) is 10.6 Å². The van der Waals surface area contributed by atoms with Crippen LogP contribution >= 0.6 is 11.3 Å². The maximum absolute atomic E-state index is 11.9. The zero-order valence-corrected chi connectivity index (χ0v) is 10.6. The first-order valence-corrected chi connectivity index (χ1v) is 6.66. The van der Waals surface area contributed by atoms with E-state index in [1.807, 2.05) is 0 Å². The van der Waals surface area contributed by atoms with E-state index in [2.05, 4.69) is 10.6 Å². The molecule has 0 aliphatic carbocycles. The molecule has 0 aromatic carbocycles. The first-order valence-electron chi connectivity index (χ1n) is 5.78. The summed E-state index contributed by atoms with van der Waals surface area (Å²) in [5, 5.41) is 7.97. The summed E-state index contributed by atoms with van der Waals surface area (Å²) in [5.74, 6) is -0.0733. The number of Topliss-reactive ketones (excluding diaryl/α,β-unsaturated/α-hetero) is 1. The van der Waals surface area contributed by atoms with Gasteiger partial charge in [0.1, 0.15) is 0 Å². The third-order valence-corrected chi connectivity index (χ3v) is 3.79. The summed E-state index contributed by atoms with van der Waals surface area (Å²) in [4.78, 5) is 23.7. The van der Waals surface area contributed by atoms with Gasteiger partial charge in [0.2, 0.25) is 0 Å². The Labute approximate surface area is 104 Å². The molecule has 0 spiro atoms. The quantitative estimate of drug-likeness (QED) is 0.800. The van der Waals surface area contributed by atoms with Gasteiger partial charge in [-0.2, -0.15) is 0 Å². The van der Waals surface area contributed by atoms with Crippen molar-refractivity contribution in [2.45, 2.75) is 25.8 Å². The van der Waals surface area contributed by atoms with Crippen LogP contribution in [0.25, 0.3) is 0 Å². The normalized spacial score (nSPS) is 19.9. The van der Waals surface area contributed by atoms with E-state index in [9.17, 15) is 9.59 Å². The Hall–Kier alpha value is -1.20. The smallest absolute Gasteiger partial charge is 0.261 e. The fraction of sp³-hybridized carbons (Fsp3) is 0.500. The molecule has 1 amide bonds. The van der Waals surface area contributed by atoms with E-state index in [-0.39, 0.29) is 17.7 Å². The summed E-state index contributed by atoms with van der Waals surface area (Å²) in [6, 6.07) is 1.87. The van der Waals surface area contributed by atoms with Crippen molar-refractivity contribution in [2.75, 3.05) is 13.1 Å². The molecule has 1 aromatic heterocycles. The van der Waals surface area contributed by atoms with E-state index in [0.717, 1.165) is 25.9 Å². The van der Waals surface area contributed by atoms with Crippen LogP contribution in [0.3, 0.4) is 0 Å². The van der Waals surface area contributed by atoms with E-state index in [1.165, 1.54) is 18.3 Å². The summed E-state index contributed by atoms with van der Waals surface area (Å²) in [7, 11) is 0. The van der Waals surface area contributed by atoms with Crippen LogP contribution < -0.4 is 10.6 Å². The number of rotatable bonds is 3. The highest BCUT2D eigenvalue weighted by Gasteiger charge is 2.17. The molecular weight excluding hydrogens is 236 g/mol. The minimum atomic E-state index is -0.0730. The third-order valence-electron chi connectivity index (χ3n) is 2.86. The molecule has 1 fully saturated rings. The van der Waals surface area contributed by atoms with Gasteiger partial charge in [-0.3, -0.25) is 9.59 Å². The molecule has 1 aliphatic heterocycles. The predicted octanol–water partition coefficient (Wildman–Crippen LogP) is 1.43. The van der Waals surface area contributed by atoms with Gasteiger partial charge in [-0.05, 0) is 32.4 Å². The lowest BCUT2D eigenvalue weighted by atomic mass is 10.1. The van der Waals surface area contributed by atoms with Gasteiger partial charge in [0.25, 0.3) is 5.91 Å². The first-order chi connectivity index (χ1) is 8.16. The average Bonchev–Trinajstić information content (AvgIpc) is 2.79. The second kappa shape index (κ2) is 5.42. The van der Waals surface area contributed by atoms with Gasteiger partial charge < -0.3 is 10.6 Å². The Bertz CT molecular complexity index is 422. The number of hydrogen-bond acceptors (Lipinski definition) is 4. The highest BCUT2D eigenvalue weighted by Crippen LogP contribution is 2.15. The minimum Gasteiger partial charge on any atom is -0.347 e. The zero-order valence-electron chi connectivity index (χ0n) is 9.79. The molecule has 0 bridgehead atoms. The summed E-state index contributed by atoms with van der Waals surface area (Å²) >= 11 is 1.32. The Balaban J connectivity index is 1.96. The second-order valence-corrected chi connectivity index (χ2v) is 5.18. The van der Waals surface area contributed by atoms with Crippen LogP contribution in [-0.4, -0.2) is 30.8 Å². The number of carbonyl (C=O) groups is 2. The Morgan fingerprint density at radius 1 is 1.53 bits per heavy atom. The summed E-state index contributed by atoms with van der Waals surface area (Å²) in [6.07, 6.45) is 2.11. The number of nitrogens with one attached hydrogen (secondary N) is 2. The molecule has 5 heteroatoms. The van der Waals surface area contributed by atoms with Crippen molar-refractivity contribution in [2.24, 2.45) is 0 Å². The lowest BCUT2D eigenvalue weighted by Crippen LogP contribution is -2.45. The standard InChI is InChI=1S/C12H16N2O2S/c1-8(15)9-5-11(17-7-9)12(16)14-10-3-2-4-13-6-10/h5,7,10,13H,2-4,6H2,1H3,(H,14,16). The van der Waals surface area contributed by atoms with Crippen molar-refractivity contribution in [3.05, 3.63) is 21.9 Å². The maximum atomic E-state index is 11.9. The minimum absolute atomic E-state index is 0.000340. The summed E-state index contributed by atoms with van der Waals surface area (Å²) in [6.45, 7) is 3.37. The topological polar surface area (TPSA) is 58.2 Å². The first kappa shape index (κ1) is 12.3. The predicted molar refractivity (Wildman–Crippen MR) is 67.7 cm³/mol. The highest BCUT2D eigenvalue weighted by atomic mass is 32.1. The Kier molecular flexibility index (Phi) is 3.91. The van der Waals surface area contributed by atoms with E-state index in [0.29, 0.717) is 10.4 Å². The Morgan fingerprint density at radius 2 is 2.35 bits per heavy atom. The van der Waals surface area contributed by atoms with Crippen molar-refractivity contribution < 1.29 is 9.59 Å². The number of piperidine rings is 1. The Morgan fingerprint density at radius 3 is 2.94 bits per heavy atom. The number of hydrogen-bond donors (Lipinski definition) is 2. The van der Waals surface area contributed by atoms with Gasteiger partial charge in [-0.15, -0.1) is 11.3 Å². The molecule has 4 nitrogen and oxygen atoms in total. The van der Waals surface area contributed by atoms with Crippen LogP contribution in [-0.2, 0) is 0 Å².